The van der Waals surface area contributed by atoms with Gasteiger partial charge in [-0.05, 0) is 38.3 Å². The number of nitrogens with zero attached hydrogens (tertiary/aromatic N) is 1. The minimum Gasteiger partial charge on any atom is -0.381 e. The van der Waals surface area contributed by atoms with Gasteiger partial charge in [-0.1, -0.05) is 13.8 Å². The van der Waals surface area contributed by atoms with E-state index in [4.69, 9.17) is 10.5 Å². The molecule has 1 aliphatic heterocycles. The zero-order valence-corrected chi connectivity index (χ0v) is 10.2. The van der Waals surface area contributed by atoms with Crippen molar-refractivity contribution in [2.24, 2.45) is 11.7 Å². The quantitative estimate of drug-likeness (QED) is 0.681. The summed E-state index contributed by atoms with van der Waals surface area (Å²) in [4.78, 5) is 2.50. The number of piperidine rings is 1. The Morgan fingerprint density at radius 2 is 2.00 bits per heavy atom. The third-order valence-corrected chi connectivity index (χ3v) is 2.85. The van der Waals surface area contributed by atoms with E-state index >= 15 is 0 Å². The van der Waals surface area contributed by atoms with Crippen LogP contribution in [-0.4, -0.2) is 43.8 Å². The zero-order chi connectivity index (χ0) is 11.1. The lowest BCUT2D eigenvalue weighted by atomic mass is 10.1. The normalized spacial score (nSPS) is 20.0. The number of likely N-dealkylation sites (tertiary alicyclic amines) is 1. The fraction of sp³-hybridized carbons (Fsp3) is 1.00. The maximum absolute atomic E-state index is 5.86. The third-order valence-electron chi connectivity index (χ3n) is 2.85. The average Bonchev–Trinajstić information content (AvgIpc) is 2.20. The highest BCUT2D eigenvalue weighted by molar-refractivity contribution is 4.73. The average molecular weight is 214 g/mol. The van der Waals surface area contributed by atoms with E-state index in [1.54, 1.807) is 0 Å². The molecule has 0 aromatic rings. The van der Waals surface area contributed by atoms with Crippen molar-refractivity contribution in [3.05, 3.63) is 0 Å². The fourth-order valence-electron chi connectivity index (χ4n) is 1.89. The summed E-state index contributed by atoms with van der Waals surface area (Å²) in [5, 5.41) is 0. The lowest BCUT2D eigenvalue weighted by Gasteiger charge is -2.29. The maximum Gasteiger partial charge on any atom is 0.0489 e. The van der Waals surface area contributed by atoms with E-state index in [2.05, 4.69) is 18.7 Å². The summed E-state index contributed by atoms with van der Waals surface area (Å²) in [6.45, 7) is 9.69. The Kier molecular flexibility index (Phi) is 6.22. The van der Waals surface area contributed by atoms with Gasteiger partial charge in [0.05, 0.1) is 0 Å². The van der Waals surface area contributed by atoms with Gasteiger partial charge >= 0.3 is 0 Å². The first-order valence-electron chi connectivity index (χ1n) is 6.24. The first-order chi connectivity index (χ1) is 7.18. The Bertz CT molecular complexity index is 154. The van der Waals surface area contributed by atoms with Gasteiger partial charge in [0.2, 0.25) is 0 Å². The third kappa shape index (κ3) is 6.13. The number of ether oxygens (including phenoxy) is 1. The molecule has 3 heteroatoms. The smallest absolute Gasteiger partial charge is 0.0489 e. The van der Waals surface area contributed by atoms with Gasteiger partial charge in [-0.25, -0.2) is 0 Å². The Hall–Kier alpha value is -0.120. The van der Waals surface area contributed by atoms with Crippen molar-refractivity contribution < 1.29 is 4.74 Å². The van der Waals surface area contributed by atoms with Crippen LogP contribution in [-0.2, 0) is 4.74 Å². The topological polar surface area (TPSA) is 38.5 Å². The molecule has 15 heavy (non-hydrogen) atoms. The monoisotopic (exact) mass is 214 g/mol. The van der Waals surface area contributed by atoms with Crippen molar-refractivity contribution in [1.29, 1.82) is 0 Å². The minimum atomic E-state index is 0.443. The molecule has 0 radical (unpaired) electrons. The van der Waals surface area contributed by atoms with E-state index in [0.717, 1.165) is 32.5 Å². The lowest BCUT2D eigenvalue weighted by molar-refractivity contribution is 0.0960. The molecule has 0 spiro atoms. The molecule has 1 aliphatic rings. The van der Waals surface area contributed by atoms with Gasteiger partial charge in [0, 0.05) is 25.8 Å². The molecular weight excluding hydrogens is 188 g/mol. The standard InChI is InChI=1S/C12H26N2O/c1-11(2)10-15-9-3-6-14-7-4-12(13)5-8-14/h11-12H,3-10,13H2,1-2H3. The predicted octanol–water partition coefficient (Wildman–Crippen LogP) is 1.47. The highest BCUT2D eigenvalue weighted by Crippen LogP contribution is 2.08. The predicted molar refractivity (Wildman–Crippen MR) is 63.9 cm³/mol. The molecule has 0 unspecified atom stereocenters. The number of hydrogen-bond acceptors (Lipinski definition) is 3. The summed E-state index contributed by atoms with van der Waals surface area (Å²) in [5.41, 5.74) is 5.86. The molecule has 0 amide bonds. The molecule has 1 fully saturated rings. The van der Waals surface area contributed by atoms with Crippen molar-refractivity contribution in [1.82, 2.24) is 4.90 Å². The van der Waals surface area contributed by atoms with Crippen LogP contribution >= 0.6 is 0 Å². The van der Waals surface area contributed by atoms with Crippen LogP contribution in [0.15, 0.2) is 0 Å². The fourth-order valence-corrected chi connectivity index (χ4v) is 1.89. The van der Waals surface area contributed by atoms with Crippen LogP contribution in [0.1, 0.15) is 33.1 Å². The van der Waals surface area contributed by atoms with Crippen LogP contribution in [0, 0.1) is 5.92 Å². The van der Waals surface area contributed by atoms with Crippen LogP contribution in [0.3, 0.4) is 0 Å². The molecule has 3 nitrogen and oxygen atoms in total. The first kappa shape index (κ1) is 12.9. The first-order valence-corrected chi connectivity index (χ1v) is 6.24. The van der Waals surface area contributed by atoms with Crippen LogP contribution in [0.25, 0.3) is 0 Å². The van der Waals surface area contributed by atoms with Gasteiger partial charge in [-0.2, -0.15) is 0 Å². The highest BCUT2D eigenvalue weighted by Gasteiger charge is 2.14. The molecule has 1 saturated heterocycles. The summed E-state index contributed by atoms with van der Waals surface area (Å²) >= 11 is 0. The van der Waals surface area contributed by atoms with Crippen LogP contribution in [0.4, 0.5) is 0 Å². The Balaban J connectivity index is 1.91. The van der Waals surface area contributed by atoms with Gasteiger partial charge in [0.25, 0.3) is 0 Å². The summed E-state index contributed by atoms with van der Waals surface area (Å²) in [6, 6.07) is 0.443. The highest BCUT2D eigenvalue weighted by atomic mass is 16.5. The molecule has 2 N–H and O–H groups in total. The van der Waals surface area contributed by atoms with E-state index in [1.165, 1.54) is 19.6 Å². The molecule has 1 rings (SSSR count). The Morgan fingerprint density at radius 3 is 2.60 bits per heavy atom. The van der Waals surface area contributed by atoms with Crippen molar-refractivity contribution in [2.75, 3.05) is 32.8 Å². The number of nitrogens with two attached hydrogens (primary N) is 1. The van der Waals surface area contributed by atoms with Crippen molar-refractivity contribution in [2.45, 2.75) is 39.2 Å². The molecule has 0 bridgehead atoms. The summed E-state index contributed by atoms with van der Waals surface area (Å²) in [7, 11) is 0. The Morgan fingerprint density at radius 1 is 1.33 bits per heavy atom. The van der Waals surface area contributed by atoms with Crippen LogP contribution in [0.2, 0.25) is 0 Å². The second kappa shape index (κ2) is 7.20. The van der Waals surface area contributed by atoms with Crippen molar-refractivity contribution in [3.63, 3.8) is 0 Å². The van der Waals surface area contributed by atoms with Gasteiger partial charge in [0.1, 0.15) is 0 Å². The Labute approximate surface area is 94.0 Å². The molecule has 0 aromatic heterocycles. The minimum absolute atomic E-state index is 0.443. The lowest BCUT2D eigenvalue weighted by Crippen LogP contribution is -2.40. The molecular formula is C12H26N2O. The molecule has 90 valence electrons. The van der Waals surface area contributed by atoms with Crippen LogP contribution < -0.4 is 5.73 Å². The summed E-state index contributed by atoms with van der Waals surface area (Å²) in [5.74, 6) is 0.651. The SMILES string of the molecule is CC(C)COCCCN1CCC(N)CC1. The molecule has 0 atom stereocenters. The zero-order valence-electron chi connectivity index (χ0n) is 10.2. The van der Waals surface area contributed by atoms with E-state index in [0.29, 0.717) is 12.0 Å². The van der Waals surface area contributed by atoms with E-state index < -0.39 is 0 Å². The molecule has 0 saturated carbocycles. The van der Waals surface area contributed by atoms with Crippen LogP contribution in [0.5, 0.6) is 0 Å². The van der Waals surface area contributed by atoms with Gasteiger partial charge in [-0.3, -0.25) is 0 Å². The second-order valence-electron chi connectivity index (χ2n) is 5.00. The maximum atomic E-state index is 5.86. The molecule has 1 heterocycles. The number of rotatable bonds is 6. The van der Waals surface area contributed by atoms with E-state index in [9.17, 15) is 0 Å². The molecule has 0 aliphatic carbocycles. The molecule has 0 aromatic carbocycles. The van der Waals surface area contributed by atoms with Gasteiger partial charge in [-0.15, -0.1) is 0 Å². The van der Waals surface area contributed by atoms with Crippen molar-refractivity contribution >= 4 is 0 Å². The second-order valence-corrected chi connectivity index (χ2v) is 5.00. The number of hydrogen-bond donors (Lipinski definition) is 1. The largest absolute Gasteiger partial charge is 0.381 e. The van der Waals surface area contributed by atoms with Crippen molar-refractivity contribution in [3.8, 4) is 0 Å². The van der Waals surface area contributed by atoms with E-state index in [1.807, 2.05) is 0 Å². The van der Waals surface area contributed by atoms with Gasteiger partial charge in [0.15, 0.2) is 0 Å². The summed E-state index contributed by atoms with van der Waals surface area (Å²) < 4.78 is 5.56. The van der Waals surface area contributed by atoms with E-state index in [-0.39, 0.29) is 0 Å². The van der Waals surface area contributed by atoms with Gasteiger partial charge < -0.3 is 15.4 Å². The summed E-state index contributed by atoms with van der Waals surface area (Å²) in [6.07, 6.45) is 3.47.